The van der Waals surface area contributed by atoms with Gasteiger partial charge in [-0.25, -0.2) is 5.01 Å². The molecule has 0 radical (unpaired) electrons. The first-order chi connectivity index (χ1) is 6.94. The number of alkyl halides is 1. The zero-order valence-electron chi connectivity index (χ0n) is 9.24. The minimum Gasteiger partial charge on any atom is -0.396 e. The van der Waals surface area contributed by atoms with Crippen molar-refractivity contribution in [3.63, 3.8) is 0 Å². The fraction of sp³-hybridized carbons (Fsp3) is 0.667. The fourth-order valence-electron chi connectivity index (χ4n) is 1.36. The second-order valence-electron chi connectivity index (χ2n) is 3.27. The van der Waals surface area contributed by atoms with Crippen LogP contribution in [-0.4, -0.2) is 40.3 Å². The summed E-state index contributed by atoms with van der Waals surface area (Å²) in [5.74, 6) is -0.152. The molecule has 6 heteroatoms. The quantitative estimate of drug-likeness (QED) is 0.444. The van der Waals surface area contributed by atoms with Gasteiger partial charge in [-0.3, -0.25) is 4.79 Å². The molecule has 84 valence electrons. The molecule has 0 aromatic carbocycles. The Hall–Kier alpha value is -0.910. The zero-order valence-corrected chi connectivity index (χ0v) is 10.8. The number of oxime groups is 1. The molecule has 0 aliphatic carbocycles. The Labute approximate surface area is 97.3 Å². The molecular weight excluding hydrogens is 262 g/mol. The minimum atomic E-state index is -0.934. The summed E-state index contributed by atoms with van der Waals surface area (Å²) in [5, 5.41) is 9.24. The molecule has 1 unspecified atom stereocenters. The van der Waals surface area contributed by atoms with Crippen LogP contribution in [0.15, 0.2) is 10.3 Å². The summed E-state index contributed by atoms with van der Waals surface area (Å²) >= 11 is 3.38. The fourth-order valence-corrected chi connectivity index (χ4v) is 1.77. The van der Waals surface area contributed by atoms with E-state index in [9.17, 15) is 4.79 Å². The lowest BCUT2D eigenvalue weighted by Gasteiger charge is -2.19. The van der Waals surface area contributed by atoms with Gasteiger partial charge < -0.3 is 4.84 Å². The number of carbonyl (C=O) groups excluding carboxylic acids is 1. The standard InChI is InChI=1S/C9H14BrN3O2/c1-5-15-12-7(3)9(10)6(2)11-13(4)8(9)14/h5H2,1-4H3. The zero-order chi connectivity index (χ0) is 11.6. The number of nitrogens with zero attached hydrogens (tertiary/aromatic N) is 3. The Bertz CT molecular complexity index is 340. The number of hydrogen-bond acceptors (Lipinski definition) is 4. The number of amides is 1. The van der Waals surface area contributed by atoms with Crippen molar-refractivity contribution in [3.05, 3.63) is 0 Å². The Morgan fingerprint density at radius 3 is 2.73 bits per heavy atom. The molecule has 0 saturated heterocycles. The molecule has 1 atom stereocenters. The van der Waals surface area contributed by atoms with E-state index in [0.29, 0.717) is 18.0 Å². The van der Waals surface area contributed by atoms with Gasteiger partial charge in [-0.2, -0.15) is 5.10 Å². The highest BCUT2D eigenvalue weighted by atomic mass is 79.9. The van der Waals surface area contributed by atoms with E-state index < -0.39 is 4.32 Å². The van der Waals surface area contributed by atoms with E-state index in [1.54, 1.807) is 20.9 Å². The van der Waals surface area contributed by atoms with Crippen molar-refractivity contribution < 1.29 is 9.63 Å². The van der Waals surface area contributed by atoms with E-state index in [1.165, 1.54) is 5.01 Å². The second-order valence-corrected chi connectivity index (χ2v) is 4.46. The molecule has 5 nitrogen and oxygen atoms in total. The highest BCUT2D eigenvalue weighted by molar-refractivity contribution is 9.11. The van der Waals surface area contributed by atoms with Crippen molar-refractivity contribution >= 4 is 33.3 Å². The average Bonchev–Trinajstić information content (AvgIpc) is 2.40. The molecule has 0 saturated carbocycles. The number of rotatable bonds is 3. The molecule has 1 rings (SSSR count). The number of hydrogen-bond donors (Lipinski definition) is 0. The topological polar surface area (TPSA) is 54.3 Å². The Morgan fingerprint density at radius 1 is 1.73 bits per heavy atom. The van der Waals surface area contributed by atoms with E-state index in [0.717, 1.165) is 0 Å². The molecular formula is C9H14BrN3O2. The Kier molecular flexibility index (Phi) is 3.49. The lowest BCUT2D eigenvalue weighted by atomic mass is 9.99. The molecule has 0 spiro atoms. The first kappa shape index (κ1) is 12.2. The van der Waals surface area contributed by atoms with Crippen LogP contribution in [0.5, 0.6) is 0 Å². The van der Waals surface area contributed by atoms with Gasteiger partial charge in [-0.05, 0) is 20.8 Å². The molecule has 1 aliphatic heterocycles. The predicted octanol–water partition coefficient (Wildman–Crippen LogP) is 1.38. The number of halogens is 1. The van der Waals surface area contributed by atoms with E-state index in [-0.39, 0.29) is 5.91 Å². The van der Waals surface area contributed by atoms with Crippen LogP contribution in [0.1, 0.15) is 20.8 Å². The second kappa shape index (κ2) is 4.30. The normalized spacial score (nSPS) is 27.0. The van der Waals surface area contributed by atoms with Crippen molar-refractivity contribution in [2.45, 2.75) is 25.1 Å². The summed E-state index contributed by atoms with van der Waals surface area (Å²) in [6, 6.07) is 0. The van der Waals surface area contributed by atoms with Crippen molar-refractivity contribution in [1.82, 2.24) is 5.01 Å². The lowest BCUT2D eigenvalue weighted by molar-refractivity contribution is -0.127. The van der Waals surface area contributed by atoms with Crippen LogP contribution < -0.4 is 0 Å². The molecule has 0 fully saturated rings. The van der Waals surface area contributed by atoms with Crippen LogP contribution in [0.25, 0.3) is 0 Å². The summed E-state index contributed by atoms with van der Waals surface area (Å²) in [4.78, 5) is 16.8. The van der Waals surface area contributed by atoms with Crippen LogP contribution in [0.3, 0.4) is 0 Å². The third-order valence-electron chi connectivity index (χ3n) is 2.22. The van der Waals surface area contributed by atoms with Crippen LogP contribution in [0.2, 0.25) is 0 Å². The van der Waals surface area contributed by atoms with Gasteiger partial charge in [0.25, 0.3) is 5.91 Å². The van der Waals surface area contributed by atoms with Crippen molar-refractivity contribution in [3.8, 4) is 0 Å². The Morgan fingerprint density at radius 2 is 2.33 bits per heavy atom. The number of hydrazone groups is 1. The largest absolute Gasteiger partial charge is 0.396 e. The van der Waals surface area contributed by atoms with Gasteiger partial charge in [-0.15, -0.1) is 0 Å². The van der Waals surface area contributed by atoms with Gasteiger partial charge in [0.05, 0.1) is 11.4 Å². The number of carbonyl (C=O) groups is 1. The summed E-state index contributed by atoms with van der Waals surface area (Å²) in [7, 11) is 1.61. The highest BCUT2D eigenvalue weighted by Gasteiger charge is 2.49. The first-order valence-electron chi connectivity index (χ1n) is 4.64. The third kappa shape index (κ3) is 1.90. The van der Waals surface area contributed by atoms with Crippen molar-refractivity contribution in [2.75, 3.05) is 13.7 Å². The monoisotopic (exact) mass is 275 g/mol. The third-order valence-corrected chi connectivity index (χ3v) is 3.70. The first-order valence-corrected chi connectivity index (χ1v) is 5.43. The van der Waals surface area contributed by atoms with Gasteiger partial charge in [0.1, 0.15) is 6.61 Å². The van der Waals surface area contributed by atoms with Crippen molar-refractivity contribution in [2.24, 2.45) is 10.3 Å². The van der Waals surface area contributed by atoms with Gasteiger partial charge in [-0.1, -0.05) is 21.1 Å². The molecule has 0 aromatic rings. The summed E-state index contributed by atoms with van der Waals surface area (Å²) in [6.07, 6.45) is 0. The average molecular weight is 276 g/mol. The van der Waals surface area contributed by atoms with E-state index in [2.05, 4.69) is 26.2 Å². The molecule has 1 amide bonds. The maximum atomic E-state index is 11.9. The molecule has 0 N–H and O–H groups in total. The maximum absolute atomic E-state index is 11.9. The molecule has 0 aromatic heterocycles. The molecule has 1 heterocycles. The van der Waals surface area contributed by atoms with Crippen LogP contribution >= 0.6 is 15.9 Å². The molecule has 1 aliphatic rings. The smallest absolute Gasteiger partial charge is 0.271 e. The SMILES string of the molecule is CCON=C(C)C1(Br)C(=O)N(C)N=C1C. The van der Waals surface area contributed by atoms with Gasteiger partial charge in [0.15, 0.2) is 4.32 Å². The maximum Gasteiger partial charge on any atom is 0.271 e. The van der Waals surface area contributed by atoms with Crippen LogP contribution in [0, 0.1) is 0 Å². The van der Waals surface area contributed by atoms with E-state index in [4.69, 9.17) is 4.84 Å². The lowest BCUT2D eigenvalue weighted by Crippen LogP contribution is -2.45. The van der Waals surface area contributed by atoms with E-state index in [1.807, 2.05) is 6.92 Å². The van der Waals surface area contributed by atoms with E-state index >= 15 is 0 Å². The molecule has 0 bridgehead atoms. The summed E-state index contributed by atoms with van der Waals surface area (Å²) < 4.78 is -0.934. The van der Waals surface area contributed by atoms with Gasteiger partial charge in [0, 0.05) is 7.05 Å². The van der Waals surface area contributed by atoms with Crippen LogP contribution in [0.4, 0.5) is 0 Å². The summed E-state index contributed by atoms with van der Waals surface area (Å²) in [6.45, 7) is 5.82. The highest BCUT2D eigenvalue weighted by Crippen LogP contribution is 2.30. The van der Waals surface area contributed by atoms with Crippen LogP contribution in [-0.2, 0) is 9.63 Å². The van der Waals surface area contributed by atoms with Crippen molar-refractivity contribution in [1.29, 1.82) is 0 Å². The predicted molar refractivity (Wildman–Crippen MR) is 62.3 cm³/mol. The Balaban J connectivity index is 3.02. The molecule has 15 heavy (non-hydrogen) atoms. The minimum absolute atomic E-state index is 0.152. The summed E-state index contributed by atoms with van der Waals surface area (Å²) in [5.41, 5.74) is 1.22. The van der Waals surface area contributed by atoms with Gasteiger partial charge >= 0.3 is 0 Å². The van der Waals surface area contributed by atoms with Gasteiger partial charge in [0.2, 0.25) is 0 Å².